The molecule has 1 aromatic heterocycles. The van der Waals surface area contributed by atoms with Crippen LogP contribution in [-0.2, 0) is 57.3 Å². The van der Waals surface area contributed by atoms with Gasteiger partial charge < -0.3 is 49.6 Å². The summed E-state index contributed by atoms with van der Waals surface area (Å²) in [6.07, 6.45) is 32.4. The van der Waals surface area contributed by atoms with Crippen LogP contribution in [-0.4, -0.2) is 193 Å². The zero-order valence-corrected chi connectivity index (χ0v) is 90.4. The van der Waals surface area contributed by atoms with Gasteiger partial charge in [0.15, 0.2) is 70.0 Å². The average Bonchev–Trinajstić information content (AvgIpc) is 1.51. The van der Waals surface area contributed by atoms with Gasteiger partial charge in [0.2, 0.25) is 0 Å². The molecule has 0 amide bonds. The third-order valence-electron chi connectivity index (χ3n) is 40.1. The van der Waals surface area contributed by atoms with Crippen LogP contribution in [0.25, 0.3) is 0 Å². The number of thioether (sulfide) groups is 5. The lowest BCUT2D eigenvalue weighted by molar-refractivity contribution is -0.197. The summed E-state index contributed by atoms with van der Waals surface area (Å²) in [6.45, 7) is 22.2. The molecule has 2 aromatic carbocycles. The Hall–Kier alpha value is -4.43. The van der Waals surface area contributed by atoms with E-state index in [4.69, 9.17) is 65.4 Å². The lowest BCUT2D eigenvalue weighted by atomic mass is 9.45. The number of nitrogens with zero attached hydrogens (tertiary/aromatic N) is 2. The predicted octanol–water partition coefficient (Wildman–Crippen LogP) is 21.6. The third-order valence-corrected chi connectivity index (χ3v) is 46.8. The second-order valence-electron chi connectivity index (χ2n) is 46.8. The summed E-state index contributed by atoms with van der Waals surface area (Å²) in [6, 6.07) is 16.2. The maximum Gasteiger partial charge on any atom is 0.178 e. The number of benzene rings is 2. The fourth-order valence-corrected chi connectivity index (χ4v) is 39.2. The standard InChI is InChI=1S/C31H36Cl2O5S.C30H37NO5S.C27H32Cl2O4S.C25H35NO4S2/c1-4-5-27-37-26-14-21-20-8-6-17-12-19(34)10-11-29(17,2)28(20)23(35)15-30(21,3)31(26,38-27)25(36)16-39-24-9-7-18(32)13-22(24)33;1-4-7-26-35-24-15-21-20-10-9-18-14-19(32)11-12-28(18,2)27(20)22(33)16-29(21,3)30(24,36-26)23(34)17-37-25-8-5-6-13-31-25;1-25-9-7-17(30)11-15(25)3-5-18-19-8-10-27(33,26(19,2)13-21(31)24(18)25)23(32)14-34-22-6-4-16(28)12-20(22)29;1-23-8-6-16(27)12-15(23)4-5-17-18-7-9-25(30,24(18,2)13-19(28)21(17)23)20(29)14-32-22-26-10-3-11-31-22/h7,9-13,20-21,23,26-28,35H,4-6,8,14-16H2,1-3H3;5-6,8,11-14,20-22,24,26-27,33H,4,7,9-10,15-17H2,1-3H3;4,6,11-12,18-19,21,24,31,33H,3,5,7-10,13-14H2,1-2H3;12,17-19,21,28,30H,3-11,13-14H2,1-2H3/t20?,21?,23-,26+,27?,28?,29?,30?,31+;20?,21?,22-,24+,26?,27?,28?,29?,30+;18?,19?,21-,24?,25?,26?,27-;17?,18?,19-,21?,23?,24?,25-/m0000/s1. The van der Waals surface area contributed by atoms with Gasteiger partial charge in [0.1, 0.15) is 15.6 Å². The Labute approximate surface area is 877 Å². The van der Waals surface area contributed by atoms with Crippen molar-refractivity contribution in [2.75, 3.05) is 35.3 Å². The Bertz CT molecular complexity index is 5740. The van der Waals surface area contributed by atoms with E-state index in [-0.39, 0.29) is 174 Å². The predicted molar refractivity (Wildman–Crippen MR) is 559 cm³/mol. The number of aromatic nitrogens is 1. The van der Waals surface area contributed by atoms with Crippen molar-refractivity contribution in [1.82, 2.24) is 4.98 Å². The summed E-state index contributed by atoms with van der Waals surface area (Å²) in [5.74, 6) is 3.99. The van der Waals surface area contributed by atoms with Crippen molar-refractivity contribution in [2.45, 2.75) is 329 Å². The van der Waals surface area contributed by atoms with E-state index >= 15 is 0 Å². The van der Waals surface area contributed by atoms with Crippen LogP contribution in [0.15, 0.2) is 152 Å². The van der Waals surface area contributed by atoms with E-state index < -0.39 is 81.1 Å². The molecule has 29 heteroatoms. The molecule has 3 aromatic rings. The number of pyridine rings is 1. The molecule has 22 unspecified atom stereocenters. The van der Waals surface area contributed by atoms with Crippen molar-refractivity contribution < 1.29 is 87.9 Å². The van der Waals surface area contributed by atoms with E-state index in [9.17, 15) is 69.0 Å². The molecule has 0 spiro atoms. The number of halogens is 4. The maximum atomic E-state index is 14.4. The number of carbonyl (C=O) groups is 8. The van der Waals surface area contributed by atoms with E-state index in [1.165, 1.54) is 58.2 Å². The molecule has 22 rings (SSSR count). The van der Waals surface area contributed by atoms with E-state index in [1.807, 2.05) is 55.5 Å². The van der Waals surface area contributed by atoms with Crippen LogP contribution in [0, 0.1) is 114 Å². The summed E-state index contributed by atoms with van der Waals surface area (Å²) in [5, 5.41) is 73.2. The minimum absolute atomic E-state index is 0.00327. The molecule has 6 N–H and O–H groups in total. The van der Waals surface area contributed by atoms with Gasteiger partial charge in [-0.15, -0.1) is 23.5 Å². The highest BCUT2D eigenvalue weighted by Gasteiger charge is 2.79. The number of allylic oxidation sites excluding steroid dienone is 10. The first kappa shape index (κ1) is 106. The fraction of sp³-hybridized carbons (Fsp3) is 0.664. The SMILES string of the molecule is CC12CCC(=O)C=C1CCC1C2[C@@H](O)CC2(C)C1CC[C@]2(O)C(=O)CSC1=NCCCS1.CC12CCC(=O)C=C1CCC1C2[C@@H](O)CC2(C)C1CC[C@]2(O)C(=O)CSc1ccc(Cl)cc1Cl.CCCC1O[C@@H]2CC3C4CCC5=CC(=O)C=CC5(C)C4[C@@H](O)CC3(C)[C@]2(C(=O)CSc2ccc(Cl)cc2Cl)O1.CCCC1O[C@@H]2CC3C4CCC5=CC(=O)C=CC5(C)C4[C@@H](O)CC3(C)[C@]2(C(=O)CSc2ccccn2)O1. The van der Waals surface area contributed by atoms with Gasteiger partial charge in [-0.1, -0.05) is 204 Å². The van der Waals surface area contributed by atoms with Gasteiger partial charge in [0, 0.05) is 95.5 Å². The number of rotatable bonds is 19. The first-order chi connectivity index (χ1) is 67.4. The summed E-state index contributed by atoms with van der Waals surface area (Å²) in [5.41, 5.74) is -3.78. The Kier molecular flexibility index (Phi) is 30.1. The highest BCUT2D eigenvalue weighted by atomic mass is 35.5. The van der Waals surface area contributed by atoms with Gasteiger partial charge in [0.25, 0.3) is 0 Å². The number of Topliss-reactive ketones (excluding diaryl/α,β-unsaturated/α-hetero) is 4. The van der Waals surface area contributed by atoms with Crippen molar-refractivity contribution in [2.24, 2.45) is 119 Å². The number of hydrogen-bond acceptors (Lipinski definition) is 25. The molecule has 12 saturated carbocycles. The summed E-state index contributed by atoms with van der Waals surface area (Å²) in [4.78, 5) is 114. The topological polar surface area (TPSA) is 320 Å². The first-order valence-corrected chi connectivity index (χ1v) is 58.7. The molecule has 4 heterocycles. The van der Waals surface area contributed by atoms with Crippen molar-refractivity contribution in [3.05, 3.63) is 152 Å². The van der Waals surface area contributed by atoms with Gasteiger partial charge in [-0.3, -0.25) is 43.3 Å². The summed E-state index contributed by atoms with van der Waals surface area (Å²) in [7, 11) is 0. The summed E-state index contributed by atoms with van der Waals surface area (Å²) >= 11 is 32.1. The van der Waals surface area contributed by atoms with Crippen molar-refractivity contribution in [3.8, 4) is 0 Å². The first-order valence-electron chi connectivity index (χ1n) is 52.3. The number of aliphatic hydroxyl groups excluding tert-OH is 4. The Morgan fingerprint density at radius 2 is 0.873 bits per heavy atom. The van der Waals surface area contributed by atoms with Gasteiger partial charge in [0.05, 0.1) is 74.7 Å². The smallest absolute Gasteiger partial charge is 0.178 e. The zero-order valence-electron chi connectivity index (χ0n) is 83.3. The molecule has 16 aliphatic carbocycles. The molecule has 2 saturated heterocycles. The third kappa shape index (κ3) is 17.6. The fourth-order valence-electron chi connectivity index (χ4n) is 33.5. The highest BCUT2D eigenvalue weighted by molar-refractivity contribution is 8.39. The van der Waals surface area contributed by atoms with E-state index in [1.54, 1.807) is 72.6 Å². The van der Waals surface area contributed by atoms with Crippen LogP contribution in [0.3, 0.4) is 0 Å². The Morgan fingerprint density at radius 1 is 0.465 bits per heavy atom. The average molecular weight is 2120 g/mol. The van der Waals surface area contributed by atoms with Crippen LogP contribution < -0.4 is 0 Å². The normalized spacial score (nSPS) is 43.4. The van der Waals surface area contributed by atoms with Gasteiger partial charge in [-0.05, 0) is 303 Å². The van der Waals surface area contributed by atoms with Gasteiger partial charge in [-0.25, -0.2) is 4.98 Å². The van der Waals surface area contributed by atoms with Crippen LogP contribution in [0.5, 0.6) is 0 Å². The molecule has 142 heavy (non-hydrogen) atoms. The molecule has 32 atom stereocenters. The minimum atomic E-state index is -1.46. The van der Waals surface area contributed by atoms with E-state index in [0.717, 1.165) is 165 Å². The Balaban J connectivity index is 0.000000121. The number of carbonyl (C=O) groups excluding carboxylic acids is 8. The van der Waals surface area contributed by atoms with Crippen molar-refractivity contribution >= 4 is 156 Å². The number of aliphatic hydroxyl groups is 6. The number of fused-ring (bicyclic) bond motifs is 24. The largest absolute Gasteiger partial charge is 0.393 e. The van der Waals surface area contributed by atoms with Crippen molar-refractivity contribution in [1.29, 1.82) is 0 Å². The molecule has 20 nitrogen and oxygen atoms in total. The van der Waals surface area contributed by atoms with Crippen LogP contribution >= 0.6 is 105 Å². The number of hydrogen-bond donors (Lipinski definition) is 6. The second kappa shape index (κ2) is 40.3. The molecule has 14 fully saturated rings. The molecular weight excluding hydrogens is 1980 g/mol. The van der Waals surface area contributed by atoms with Crippen LogP contribution in [0.2, 0.25) is 20.1 Å². The lowest BCUT2D eigenvalue weighted by Crippen LogP contribution is -2.63. The maximum absolute atomic E-state index is 14.4. The lowest BCUT2D eigenvalue weighted by Gasteiger charge is -2.60. The van der Waals surface area contributed by atoms with E-state index in [0.29, 0.717) is 71.5 Å². The van der Waals surface area contributed by atoms with Gasteiger partial charge >= 0.3 is 0 Å². The molecule has 3 aliphatic heterocycles. The zero-order chi connectivity index (χ0) is 101. The molecule has 0 bridgehead atoms. The number of aliphatic imine (C=N–C) groups is 1. The van der Waals surface area contributed by atoms with Crippen LogP contribution in [0.1, 0.15) is 243 Å². The number of ketones is 8. The minimum Gasteiger partial charge on any atom is -0.393 e. The number of ether oxygens (including phenoxy) is 4. The van der Waals surface area contributed by atoms with Crippen molar-refractivity contribution in [3.63, 3.8) is 0 Å². The highest BCUT2D eigenvalue weighted by Crippen LogP contribution is 2.75. The van der Waals surface area contributed by atoms with Gasteiger partial charge in [-0.2, -0.15) is 0 Å². The molecule has 0 radical (unpaired) electrons. The Morgan fingerprint density at radius 3 is 1.29 bits per heavy atom. The van der Waals surface area contributed by atoms with E-state index in [2.05, 4.69) is 72.3 Å². The quantitative estimate of drug-likeness (QED) is 0.0607. The summed E-state index contributed by atoms with van der Waals surface area (Å²) < 4.78 is 27.4. The second-order valence-corrected chi connectivity index (χ2v) is 53.8. The van der Waals surface area contributed by atoms with Crippen LogP contribution in [0.4, 0.5) is 0 Å². The molecule has 19 aliphatic rings. The molecular formula is C113H140Cl4N2O18S5. The monoisotopic (exact) mass is 2110 g/mol. The molecule has 768 valence electrons.